The van der Waals surface area contributed by atoms with Gasteiger partial charge in [-0.1, -0.05) is 68.4 Å². The zero-order chi connectivity index (χ0) is 19.8. The topological polar surface area (TPSA) is 75.4 Å². The van der Waals surface area contributed by atoms with Crippen molar-refractivity contribution in [1.29, 1.82) is 0 Å². The Bertz CT molecular complexity index is 765. The third-order valence-corrected chi connectivity index (χ3v) is 4.63. The van der Waals surface area contributed by atoms with Crippen LogP contribution in [0.4, 0.5) is 0 Å². The van der Waals surface area contributed by atoms with Gasteiger partial charge < -0.3 is 16.0 Å². The van der Waals surface area contributed by atoms with Gasteiger partial charge in [-0.25, -0.2) is 0 Å². The molecule has 0 fully saturated rings. The lowest BCUT2D eigenvalue weighted by molar-refractivity contribution is -0.134. The smallest absolute Gasteiger partial charge is 0.242 e. The summed E-state index contributed by atoms with van der Waals surface area (Å²) in [5, 5.41) is 2.68. The van der Waals surface area contributed by atoms with Gasteiger partial charge in [0.2, 0.25) is 11.8 Å². The van der Waals surface area contributed by atoms with E-state index in [9.17, 15) is 9.59 Å². The molecule has 0 aliphatic heterocycles. The third kappa shape index (κ3) is 6.98. The van der Waals surface area contributed by atoms with Crippen LogP contribution in [-0.2, 0) is 22.7 Å². The van der Waals surface area contributed by atoms with Crippen molar-refractivity contribution in [1.82, 2.24) is 10.2 Å². The molecule has 0 unspecified atom stereocenters. The summed E-state index contributed by atoms with van der Waals surface area (Å²) in [7, 11) is 0. The maximum absolute atomic E-state index is 12.8. The highest BCUT2D eigenvalue weighted by molar-refractivity contribution is 5.87. The molecule has 5 nitrogen and oxygen atoms in total. The molecule has 0 saturated heterocycles. The van der Waals surface area contributed by atoms with E-state index < -0.39 is 6.04 Å². The molecule has 0 spiro atoms. The predicted octanol–water partition coefficient (Wildman–Crippen LogP) is 3.05. The number of rotatable bonds is 8. The predicted molar refractivity (Wildman–Crippen MR) is 115 cm³/mol. The van der Waals surface area contributed by atoms with Crippen molar-refractivity contribution >= 4 is 24.2 Å². The zero-order valence-electron chi connectivity index (χ0n) is 16.7. The Morgan fingerprint density at radius 1 is 1.00 bits per heavy atom. The minimum Gasteiger partial charge on any atom is -0.346 e. The van der Waals surface area contributed by atoms with E-state index in [1.165, 1.54) is 0 Å². The quantitative estimate of drug-likeness (QED) is 0.711. The van der Waals surface area contributed by atoms with Gasteiger partial charge in [-0.15, -0.1) is 12.4 Å². The van der Waals surface area contributed by atoms with Crippen molar-refractivity contribution in [2.75, 3.05) is 6.54 Å². The summed E-state index contributed by atoms with van der Waals surface area (Å²) in [5.41, 5.74) is 9.12. The number of benzene rings is 2. The van der Waals surface area contributed by atoms with Crippen molar-refractivity contribution in [3.8, 4) is 0 Å². The SMILES string of the molecule is Cc1ccccc1CN(Cc1ccccc1)C(=O)CNC(=O)[C@@H](N)C(C)C.Cl. The van der Waals surface area contributed by atoms with Crippen LogP contribution in [0.2, 0.25) is 0 Å². The average Bonchev–Trinajstić information content (AvgIpc) is 2.67. The monoisotopic (exact) mass is 403 g/mol. The second kappa shape index (κ2) is 11.5. The maximum Gasteiger partial charge on any atom is 0.242 e. The molecule has 0 aromatic heterocycles. The Kier molecular flexibility index (Phi) is 9.69. The highest BCUT2D eigenvalue weighted by atomic mass is 35.5. The van der Waals surface area contributed by atoms with Crippen LogP contribution in [0, 0.1) is 12.8 Å². The van der Waals surface area contributed by atoms with Gasteiger partial charge in [0.25, 0.3) is 0 Å². The van der Waals surface area contributed by atoms with Crippen molar-refractivity contribution < 1.29 is 9.59 Å². The Labute approximate surface area is 173 Å². The van der Waals surface area contributed by atoms with Gasteiger partial charge >= 0.3 is 0 Å². The van der Waals surface area contributed by atoms with E-state index in [2.05, 4.69) is 5.32 Å². The van der Waals surface area contributed by atoms with Crippen LogP contribution in [0.3, 0.4) is 0 Å². The molecule has 0 aliphatic carbocycles. The first kappa shape index (κ1) is 23.7. The number of carbonyl (C=O) groups excluding carboxylic acids is 2. The first-order valence-electron chi connectivity index (χ1n) is 9.28. The molecule has 2 amide bonds. The van der Waals surface area contributed by atoms with E-state index in [0.29, 0.717) is 13.1 Å². The van der Waals surface area contributed by atoms with Crippen LogP contribution in [0.15, 0.2) is 54.6 Å². The zero-order valence-corrected chi connectivity index (χ0v) is 17.5. The van der Waals surface area contributed by atoms with Gasteiger partial charge in [0.15, 0.2) is 0 Å². The lowest BCUT2D eigenvalue weighted by Gasteiger charge is -2.25. The molecule has 0 heterocycles. The summed E-state index contributed by atoms with van der Waals surface area (Å²) in [6.07, 6.45) is 0. The van der Waals surface area contributed by atoms with Gasteiger partial charge in [0, 0.05) is 13.1 Å². The summed E-state index contributed by atoms with van der Waals surface area (Å²) in [6.45, 7) is 6.71. The van der Waals surface area contributed by atoms with Gasteiger partial charge in [-0.05, 0) is 29.5 Å². The van der Waals surface area contributed by atoms with Crippen molar-refractivity contribution in [3.63, 3.8) is 0 Å². The fourth-order valence-electron chi connectivity index (χ4n) is 2.72. The Hall–Kier alpha value is -2.37. The number of hydrogen-bond donors (Lipinski definition) is 2. The lowest BCUT2D eigenvalue weighted by Crippen LogP contribution is -2.47. The van der Waals surface area contributed by atoms with Crippen LogP contribution in [0.25, 0.3) is 0 Å². The molecule has 6 heteroatoms. The van der Waals surface area contributed by atoms with Crippen LogP contribution in [-0.4, -0.2) is 29.3 Å². The Morgan fingerprint density at radius 2 is 1.61 bits per heavy atom. The molecule has 2 rings (SSSR count). The molecule has 0 bridgehead atoms. The lowest BCUT2D eigenvalue weighted by atomic mass is 10.1. The number of carbonyl (C=O) groups is 2. The molecule has 1 atom stereocenters. The van der Waals surface area contributed by atoms with E-state index in [0.717, 1.165) is 16.7 Å². The molecule has 0 saturated carbocycles. The number of nitrogens with one attached hydrogen (secondary N) is 1. The molecular formula is C22H30ClN3O2. The Balaban J connectivity index is 0.00000392. The number of nitrogens with two attached hydrogens (primary N) is 1. The molecule has 28 heavy (non-hydrogen) atoms. The summed E-state index contributed by atoms with van der Waals surface area (Å²) in [5.74, 6) is -0.409. The van der Waals surface area contributed by atoms with E-state index >= 15 is 0 Å². The number of halogens is 1. The largest absolute Gasteiger partial charge is 0.346 e. The average molecular weight is 404 g/mol. The van der Waals surface area contributed by atoms with Crippen LogP contribution < -0.4 is 11.1 Å². The first-order chi connectivity index (χ1) is 12.9. The highest BCUT2D eigenvalue weighted by Crippen LogP contribution is 2.13. The van der Waals surface area contributed by atoms with E-state index in [1.807, 2.05) is 75.4 Å². The standard InChI is InChI=1S/C22H29N3O2.ClH/c1-16(2)21(23)22(27)24-13-20(26)25(14-18-10-5-4-6-11-18)15-19-12-8-7-9-17(19)3;/h4-12,16,21H,13-15,23H2,1-3H3,(H,24,27);1H/t21-;/m0./s1. The molecule has 2 aromatic rings. The van der Waals surface area contributed by atoms with Crippen molar-refractivity contribution in [2.45, 2.75) is 39.9 Å². The van der Waals surface area contributed by atoms with Crippen molar-refractivity contribution in [2.24, 2.45) is 11.7 Å². The van der Waals surface area contributed by atoms with Gasteiger partial charge in [-0.3, -0.25) is 9.59 Å². The molecular weight excluding hydrogens is 374 g/mol. The third-order valence-electron chi connectivity index (χ3n) is 4.63. The summed E-state index contributed by atoms with van der Waals surface area (Å²) >= 11 is 0. The summed E-state index contributed by atoms with van der Waals surface area (Å²) in [6, 6.07) is 17.2. The molecule has 152 valence electrons. The first-order valence-corrected chi connectivity index (χ1v) is 9.28. The van der Waals surface area contributed by atoms with E-state index in [1.54, 1.807) is 4.90 Å². The summed E-state index contributed by atoms with van der Waals surface area (Å²) < 4.78 is 0. The van der Waals surface area contributed by atoms with Gasteiger partial charge in [0.1, 0.15) is 0 Å². The second-order valence-corrected chi connectivity index (χ2v) is 7.15. The van der Waals surface area contributed by atoms with Gasteiger partial charge in [0.05, 0.1) is 12.6 Å². The van der Waals surface area contributed by atoms with Crippen LogP contribution in [0.5, 0.6) is 0 Å². The van der Waals surface area contributed by atoms with Gasteiger partial charge in [-0.2, -0.15) is 0 Å². The minimum atomic E-state index is -0.614. The van der Waals surface area contributed by atoms with Crippen LogP contribution >= 0.6 is 12.4 Å². The van der Waals surface area contributed by atoms with Crippen molar-refractivity contribution in [3.05, 3.63) is 71.3 Å². The number of amides is 2. The fraction of sp³-hybridized carbons (Fsp3) is 0.364. The number of aryl methyl sites for hydroxylation is 1. The van der Waals surface area contributed by atoms with E-state index in [4.69, 9.17) is 5.73 Å². The van der Waals surface area contributed by atoms with E-state index in [-0.39, 0.29) is 36.7 Å². The summed E-state index contributed by atoms with van der Waals surface area (Å²) in [4.78, 5) is 26.7. The van der Waals surface area contributed by atoms with Crippen LogP contribution in [0.1, 0.15) is 30.5 Å². The fourth-order valence-corrected chi connectivity index (χ4v) is 2.72. The number of nitrogens with zero attached hydrogens (tertiary/aromatic N) is 1. The maximum atomic E-state index is 12.8. The molecule has 0 radical (unpaired) electrons. The molecule has 3 N–H and O–H groups in total. The highest BCUT2D eigenvalue weighted by Gasteiger charge is 2.20. The number of hydrogen-bond acceptors (Lipinski definition) is 3. The second-order valence-electron chi connectivity index (χ2n) is 7.15. The molecule has 2 aromatic carbocycles. The molecule has 0 aliphatic rings. The minimum absolute atomic E-state index is 0. The normalized spacial score (nSPS) is 11.5. The Morgan fingerprint density at radius 3 is 2.21 bits per heavy atom.